The van der Waals surface area contributed by atoms with Crippen molar-refractivity contribution < 1.29 is 14.0 Å². The van der Waals surface area contributed by atoms with Crippen molar-refractivity contribution in [2.75, 3.05) is 5.75 Å². The minimum absolute atomic E-state index is 0.0644. The highest BCUT2D eigenvalue weighted by molar-refractivity contribution is 7.99. The number of benzene rings is 2. The molecule has 1 fully saturated rings. The first-order valence-electron chi connectivity index (χ1n) is 11.9. The topological polar surface area (TPSA) is 49.4 Å². The first-order valence-corrected chi connectivity index (χ1v) is 13.1. The number of halogens is 1. The summed E-state index contributed by atoms with van der Waals surface area (Å²) in [7, 11) is 0. The molecule has 1 atom stereocenters. The molecule has 178 valence electrons. The van der Waals surface area contributed by atoms with E-state index >= 15 is 0 Å². The summed E-state index contributed by atoms with van der Waals surface area (Å²) in [5, 5.41) is 3.21. The van der Waals surface area contributed by atoms with Crippen molar-refractivity contribution in [1.29, 1.82) is 0 Å². The first-order chi connectivity index (χ1) is 16.0. The molecule has 1 aliphatic rings. The fraction of sp³-hybridized carbons (Fsp3) is 0.481. The molecule has 2 aromatic carbocycles. The van der Waals surface area contributed by atoms with Gasteiger partial charge in [-0.05, 0) is 48.9 Å². The molecule has 6 heteroatoms. The summed E-state index contributed by atoms with van der Waals surface area (Å²) < 4.78 is 14.0. The quantitative estimate of drug-likeness (QED) is 0.490. The van der Waals surface area contributed by atoms with Crippen LogP contribution in [0.15, 0.2) is 48.5 Å². The van der Waals surface area contributed by atoms with Crippen LogP contribution in [0.5, 0.6) is 0 Å². The molecule has 1 aliphatic carbocycles. The summed E-state index contributed by atoms with van der Waals surface area (Å²) in [6.45, 7) is 4.37. The van der Waals surface area contributed by atoms with Crippen molar-refractivity contribution in [2.45, 2.75) is 76.8 Å². The van der Waals surface area contributed by atoms with Gasteiger partial charge < -0.3 is 10.2 Å². The predicted octanol–water partition coefficient (Wildman–Crippen LogP) is 5.62. The Kier molecular flexibility index (Phi) is 9.79. The van der Waals surface area contributed by atoms with E-state index in [-0.39, 0.29) is 29.4 Å². The van der Waals surface area contributed by atoms with Crippen molar-refractivity contribution in [3.63, 3.8) is 0 Å². The molecule has 0 aliphatic heterocycles. The van der Waals surface area contributed by atoms with Crippen molar-refractivity contribution in [3.8, 4) is 0 Å². The van der Waals surface area contributed by atoms with Crippen LogP contribution in [0.2, 0.25) is 0 Å². The fourth-order valence-electron chi connectivity index (χ4n) is 4.38. The Labute approximate surface area is 201 Å². The van der Waals surface area contributed by atoms with E-state index < -0.39 is 6.04 Å². The lowest BCUT2D eigenvalue weighted by atomic mass is 9.95. The summed E-state index contributed by atoms with van der Waals surface area (Å²) >= 11 is 1.38. The molecule has 2 amide bonds. The Balaban J connectivity index is 1.72. The minimum atomic E-state index is -0.520. The minimum Gasteiger partial charge on any atom is -0.352 e. The van der Waals surface area contributed by atoms with Gasteiger partial charge in [0.2, 0.25) is 11.8 Å². The number of hydrogen-bond donors (Lipinski definition) is 1. The summed E-state index contributed by atoms with van der Waals surface area (Å²) in [6.07, 6.45) is 6.06. The molecule has 0 heterocycles. The van der Waals surface area contributed by atoms with Gasteiger partial charge in [-0.2, -0.15) is 0 Å². The van der Waals surface area contributed by atoms with E-state index in [9.17, 15) is 14.0 Å². The molecule has 0 unspecified atom stereocenters. The normalized spacial score (nSPS) is 15.1. The summed E-state index contributed by atoms with van der Waals surface area (Å²) in [6, 6.07) is 14.3. The van der Waals surface area contributed by atoms with Crippen LogP contribution >= 0.6 is 11.8 Å². The van der Waals surface area contributed by atoms with Crippen LogP contribution in [0, 0.1) is 12.7 Å². The van der Waals surface area contributed by atoms with Crippen LogP contribution in [0.4, 0.5) is 4.39 Å². The maximum absolute atomic E-state index is 14.0. The first kappa shape index (κ1) is 25.3. The summed E-state index contributed by atoms with van der Waals surface area (Å²) in [5.41, 5.74) is 2.72. The van der Waals surface area contributed by atoms with Gasteiger partial charge in [-0.1, -0.05) is 68.7 Å². The van der Waals surface area contributed by atoms with E-state index in [0.29, 0.717) is 24.3 Å². The van der Waals surface area contributed by atoms with Gasteiger partial charge >= 0.3 is 0 Å². The smallest absolute Gasteiger partial charge is 0.243 e. The largest absolute Gasteiger partial charge is 0.352 e. The predicted molar refractivity (Wildman–Crippen MR) is 133 cm³/mol. The highest BCUT2D eigenvalue weighted by Gasteiger charge is 2.30. The second kappa shape index (κ2) is 12.8. The Morgan fingerprint density at radius 3 is 2.39 bits per heavy atom. The maximum Gasteiger partial charge on any atom is 0.243 e. The molecule has 0 spiro atoms. The van der Waals surface area contributed by atoms with Crippen LogP contribution in [-0.4, -0.2) is 34.6 Å². The van der Waals surface area contributed by atoms with E-state index in [0.717, 1.165) is 36.8 Å². The van der Waals surface area contributed by atoms with Crippen LogP contribution < -0.4 is 5.32 Å². The molecule has 3 rings (SSSR count). The van der Waals surface area contributed by atoms with Gasteiger partial charge in [-0.25, -0.2) is 4.39 Å². The molecule has 1 saturated carbocycles. The molecule has 0 aromatic heterocycles. The molecule has 0 saturated heterocycles. The lowest BCUT2D eigenvalue weighted by Gasteiger charge is -2.33. The van der Waals surface area contributed by atoms with Crippen LogP contribution in [0.25, 0.3) is 0 Å². The molecule has 4 nitrogen and oxygen atoms in total. The molecular formula is C27H35FN2O2S. The van der Waals surface area contributed by atoms with Crippen molar-refractivity contribution in [1.82, 2.24) is 10.2 Å². The summed E-state index contributed by atoms with van der Waals surface area (Å²) in [5.74, 6) is 0.206. The number of nitrogens with one attached hydrogen (secondary N) is 1. The van der Waals surface area contributed by atoms with E-state index in [1.807, 2.05) is 38.1 Å². The van der Waals surface area contributed by atoms with Gasteiger partial charge in [-0.15, -0.1) is 11.8 Å². The fourth-order valence-corrected chi connectivity index (χ4v) is 5.28. The second-order valence-corrected chi connectivity index (χ2v) is 9.79. The van der Waals surface area contributed by atoms with Crippen LogP contribution in [0.3, 0.4) is 0 Å². The zero-order valence-corrected chi connectivity index (χ0v) is 20.5. The van der Waals surface area contributed by atoms with Crippen molar-refractivity contribution >= 4 is 23.6 Å². The Morgan fingerprint density at radius 1 is 1.06 bits per heavy atom. The van der Waals surface area contributed by atoms with Gasteiger partial charge in [0, 0.05) is 18.3 Å². The number of rotatable bonds is 10. The Morgan fingerprint density at radius 2 is 1.73 bits per heavy atom. The highest BCUT2D eigenvalue weighted by Crippen LogP contribution is 2.21. The van der Waals surface area contributed by atoms with Crippen molar-refractivity contribution in [2.24, 2.45) is 0 Å². The standard InChI is InChI=1S/C27H35FN2O2S/c1-3-25(27(32)29-23-14-5-4-6-15-23)30(17-21-12-8-7-11-20(21)2)26(31)19-33-18-22-13-9-10-16-24(22)28/h7-13,16,23,25H,3-6,14-15,17-19H2,1-2H3,(H,29,32)/t25-/m0/s1. The molecule has 2 aromatic rings. The molecule has 33 heavy (non-hydrogen) atoms. The molecule has 1 N–H and O–H groups in total. The molecule has 0 radical (unpaired) electrons. The van der Waals surface area contributed by atoms with Gasteiger partial charge in [0.15, 0.2) is 0 Å². The van der Waals surface area contributed by atoms with Gasteiger partial charge in [0.1, 0.15) is 11.9 Å². The number of carbonyl (C=O) groups is 2. The third-order valence-electron chi connectivity index (χ3n) is 6.38. The number of carbonyl (C=O) groups excluding carboxylic acids is 2. The average molecular weight is 471 g/mol. The third-order valence-corrected chi connectivity index (χ3v) is 7.35. The van der Waals surface area contributed by atoms with Crippen molar-refractivity contribution in [3.05, 3.63) is 71.0 Å². The number of aryl methyl sites for hydroxylation is 1. The number of nitrogens with zero attached hydrogens (tertiary/aromatic N) is 1. The van der Waals surface area contributed by atoms with E-state index in [1.165, 1.54) is 24.2 Å². The SMILES string of the molecule is CC[C@@H](C(=O)NC1CCCCC1)N(Cc1ccccc1C)C(=O)CSCc1ccccc1F. The summed E-state index contributed by atoms with van der Waals surface area (Å²) in [4.78, 5) is 28.3. The Hall–Kier alpha value is -2.34. The molecule has 0 bridgehead atoms. The number of thioether (sulfide) groups is 1. The number of hydrogen-bond acceptors (Lipinski definition) is 3. The van der Waals surface area contributed by atoms with E-state index in [1.54, 1.807) is 23.1 Å². The van der Waals surface area contributed by atoms with Gasteiger partial charge in [0.05, 0.1) is 5.75 Å². The zero-order chi connectivity index (χ0) is 23.6. The second-order valence-electron chi connectivity index (χ2n) is 8.80. The van der Waals surface area contributed by atoms with E-state index in [2.05, 4.69) is 5.32 Å². The highest BCUT2D eigenvalue weighted by atomic mass is 32.2. The lowest BCUT2D eigenvalue weighted by Crippen LogP contribution is -2.52. The average Bonchev–Trinajstić information content (AvgIpc) is 2.82. The zero-order valence-electron chi connectivity index (χ0n) is 19.7. The maximum atomic E-state index is 14.0. The third kappa shape index (κ3) is 7.32. The monoisotopic (exact) mass is 470 g/mol. The van der Waals surface area contributed by atoms with E-state index in [4.69, 9.17) is 0 Å². The number of amides is 2. The van der Waals surface area contributed by atoms with Crippen LogP contribution in [0.1, 0.15) is 62.1 Å². The Bertz CT molecular complexity index is 930. The van der Waals surface area contributed by atoms with Gasteiger partial charge in [0.25, 0.3) is 0 Å². The molecular weight excluding hydrogens is 435 g/mol. The van der Waals surface area contributed by atoms with Gasteiger partial charge in [-0.3, -0.25) is 9.59 Å². The van der Waals surface area contributed by atoms with Crippen LogP contribution in [-0.2, 0) is 21.9 Å². The lowest BCUT2D eigenvalue weighted by molar-refractivity contribution is -0.139.